The van der Waals surface area contributed by atoms with Gasteiger partial charge in [-0.25, -0.2) is 0 Å². The summed E-state index contributed by atoms with van der Waals surface area (Å²) in [5, 5.41) is 3.44. The third-order valence-corrected chi connectivity index (χ3v) is 3.99. The second-order valence-electron chi connectivity index (χ2n) is 4.12. The fourth-order valence-corrected chi connectivity index (χ4v) is 2.05. The molecule has 0 saturated heterocycles. The molecule has 1 aromatic rings. The maximum Gasteiger partial charge on any atom is 0.0590 e. The van der Waals surface area contributed by atoms with E-state index in [9.17, 15) is 0 Å². The van der Waals surface area contributed by atoms with E-state index in [1.165, 1.54) is 0 Å². The average Bonchev–Trinajstić information content (AvgIpc) is 2.34. The molecule has 0 spiro atoms. The monoisotopic (exact) mass is 285 g/mol. The number of nitrogens with two attached hydrogens (primary N) is 1. The lowest BCUT2D eigenvalue weighted by molar-refractivity contribution is 0.294. The second kappa shape index (κ2) is 6.21. The molecule has 0 saturated carbocycles. The first-order valence-corrected chi connectivity index (χ1v) is 6.50. The SMILES string of the molecule is CCC(CC)(CN)CNc1ccncc1Br. The molecule has 0 aromatic carbocycles. The lowest BCUT2D eigenvalue weighted by Gasteiger charge is -2.30. The fourth-order valence-electron chi connectivity index (χ4n) is 1.66. The van der Waals surface area contributed by atoms with Gasteiger partial charge in [-0.15, -0.1) is 0 Å². The molecule has 4 heteroatoms. The molecule has 0 amide bonds. The molecule has 0 radical (unpaired) electrons. The average molecular weight is 286 g/mol. The van der Waals surface area contributed by atoms with Crippen molar-refractivity contribution in [2.45, 2.75) is 26.7 Å². The van der Waals surface area contributed by atoms with Crippen molar-refractivity contribution >= 4 is 21.6 Å². The van der Waals surface area contributed by atoms with Crippen molar-refractivity contribution in [3.05, 3.63) is 22.9 Å². The zero-order chi connectivity index (χ0) is 12.0. The zero-order valence-corrected chi connectivity index (χ0v) is 11.5. The molecule has 0 fully saturated rings. The van der Waals surface area contributed by atoms with Crippen LogP contribution >= 0.6 is 15.9 Å². The summed E-state index contributed by atoms with van der Waals surface area (Å²) in [6, 6.07) is 1.97. The Morgan fingerprint density at radius 3 is 2.62 bits per heavy atom. The first-order valence-electron chi connectivity index (χ1n) is 5.71. The maximum atomic E-state index is 5.87. The zero-order valence-electron chi connectivity index (χ0n) is 9.96. The van der Waals surface area contributed by atoms with Gasteiger partial charge < -0.3 is 11.1 Å². The number of nitrogens with zero attached hydrogens (tertiary/aromatic N) is 1. The van der Waals surface area contributed by atoms with Crippen molar-refractivity contribution in [1.82, 2.24) is 4.98 Å². The Balaban J connectivity index is 2.66. The predicted octanol–water partition coefficient (Wildman–Crippen LogP) is 3.02. The highest BCUT2D eigenvalue weighted by Crippen LogP contribution is 2.27. The number of pyridine rings is 1. The number of anilines is 1. The van der Waals surface area contributed by atoms with E-state index in [1.807, 2.05) is 6.07 Å². The van der Waals surface area contributed by atoms with Crippen LogP contribution in [-0.4, -0.2) is 18.1 Å². The Morgan fingerprint density at radius 1 is 1.44 bits per heavy atom. The molecule has 0 bridgehead atoms. The molecule has 90 valence electrons. The Labute approximate surface area is 106 Å². The number of hydrogen-bond acceptors (Lipinski definition) is 3. The molecule has 3 nitrogen and oxygen atoms in total. The normalized spacial score (nSPS) is 11.5. The molecular weight excluding hydrogens is 266 g/mol. The van der Waals surface area contributed by atoms with Crippen molar-refractivity contribution < 1.29 is 0 Å². The number of rotatable bonds is 6. The van der Waals surface area contributed by atoms with Crippen LogP contribution in [0.25, 0.3) is 0 Å². The van der Waals surface area contributed by atoms with Gasteiger partial charge in [0, 0.05) is 18.9 Å². The van der Waals surface area contributed by atoms with E-state index in [4.69, 9.17) is 5.73 Å². The molecule has 16 heavy (non-hydrogen) atoms. The molecule has 1 heterocycles. The molecule has 1 aromatic heterocycles. The molecule has 0 atom stereocenters. The summed E-state index contributed by atoms with van der Waals surface area (Å²) in [6.45, 7) is 6.01. The van der Waals surface area contributed by atoms with Gasteiger partial charge >= 0.3 is 0 Å². The van der Waals surface area contributed by atoms with Crippen LogP contribution in [-0.2, 0) is 0 Å². The molecular formula is C12H20BrN3. The summed E-state index contributed by atoms with van der Waals surface area (Å²) in [5.41, 5.74) is 7.14. The highest BCUT2D eigenvalue weighted by atomic mass is 79.9. The maximum absolute atomic E-state index is 5.87. The van der Waals surface area contributed by atoms with E-state index in [2.05, 4.69) is 40.1 Å². The lowest BCUT2D eigenvalue weighted by Crippen LogP contribution is -2.36. The molecule has 0 unspecified atom stereocenters. The van der Waals surface area contributed by atoms with Crippen molar-refractivity contribution in [1.29, 1.82) is 0 Å². The molecule has 3 N–H and O–H groups in total. The van der Waals surface area contributed by atoms with Crippen molar-refractivity contribution in [2.75, 3.05) is 18.4 Å². The number of aromatic nitrogens is 1. The highest BCUT2D eigenvalue weighted by Gasteiger charge is 2.24. The third-order valence-electron chi connectivity index (χ3n) is 3.36. The number of hydrogen-bond donors (Lipinski definition) is 2. The highest BCUT2D eigenvalue weighted by molar-refractivity contribution is 9.10. The third kappa shape index (κ3) is 3.19. The standard InChI is InChI=1S/C12H20BrN3/c1-3-12(4-2,8-14)9-16-11-5-6-15-7-10(11)13/h5-7H,3-4,8-9,14H2,1-2H3,(H,15,16). The summed E-state index contributed by atoms with van der Waals surface area (Å²) in [6.07, 6.45) is 5.77. The van der Waals surface area contributed by atoms with Crippen LogP contribution in [0.3, 0.4) is 0 Å². The molecule has 0 aliphatic rings. The van der Waals surface area contributed by atoms with Gasteiger partial charge in [-0.2, -0.15) is 0 Å². The van der Waals surface area contributed by atoms with Gasteiger partial charge in [-0.1, -0.05) is 13.8 Å². The van der Waals surface area contributed by atoms with Gasteiger partial charge in [0.1, 0.15) is 0 Å². The van der Waals surface area contributed by atoms with E-state index in [1.54, 1.807) is 12.4 Å². The van der Waals surface area contributed by atoms with Crippen LogP contribution in [0, 0.1) is 5.41 Å². The first-order chi connectivity index (χ1) is 7.67. The van der Waals surface area contributed by atoms with E-state index in [-0.39, 0.29) is 5.41 Å². The van der Waals surface area contributed by atoms with Gasteiger partial charge in [0.15, 0.2) is 0 Å². The minimum Gasteiger partial charge on any atom is -0.383 e. The number of halogens is 1. The van der Waals surface area contributed by atoms with E-state index < -0.39 is 0 Å². The quantitative estimate of drug-likeness (QED) is 0.845. The summed E-state index contributed by atoms with van der Waals surface area (Å²) in [4.78, 5) is 4.04. The summed E-state index contributed by atoms with van der Waals surface area (Å²) in [7, 11) is 0. The minimum absolute atomic E-state index is 0.197. The van der Waals surface area contributed by atoms with E-state index in [0.29, 0.717) is 0 Å². The predicted molar refractivity (Wildman–Crippen MR) is 72.5 cm³/mol. The van der Waals surface area contributed by atoms with Crippen molar-refractivity contribution in [3.63, 3.8) is 0 Å². The summed E-state index contributed by atoms with van der Waals surface area (Å²) >= 11 is 3.47. The van der Waals surface area contributed by atoms with Gasteiger partial charge in [0.25, 0.3) is 0 Å². The Bertz CT molecular complexity index is 316. The summed E-state index contributed by atoms with van der Waals surface area (Å²) < 4.78 is 0.994. The van der Waals surface area contributed by atoms with Crippen LogP contribution in [0.4, 0.5) is 5.69 Å². The molecule has 0 aliphatic carbocycles. The van der Waals surface area contributed by atoms with Gasteiger partial charge in [-0.3, -0.25) is 4.98 Å². The number of nitrogens with one attached hydrogen (secondary N) is 1. The Hall–Kier alpha value is -0.610. The first kappa shape index (κ1) is 13.5. The summed E-state index contributed by atoms with van der Waals surface area (Å²) in [5.74, 6) is 0. The van der Waals surface area contributed by atoms with Crippen molar-refractivity contribution in [3.8, 4) is 0 Å². The van der Waals surface area contributed by atoms with Crippen LogP contribution < -0.4 is 11.1 Å². The fraction of sp³-hybridized carbons (Fsp3) is 0.583. The van der Waals surface area contributed by atoms with E-state index in [0.717, 1.165) is 36.1 Å². The van der Waals surface area contributed by atoms with E-state index >= 15 is 0 Å². The van der Waals surface area contributed by atoms with Gasteiger partial charge in [0.05, 0.1) is 10.2 Å². The topological polar surface area (TPSA) is 50.9 Å². The van der Waals surface area contributed by atoms with Gasteiger partial charge in [0.2, 0.25) is 0 Å². The molecule has 1 rings (SSSR count). The minimum atomic E-state index is 0.197. The lowest BCUT2D eigenvalue weighted by atomic mass is 9.82. The van der Waals surface area contributed by atoms with Crippen molar-refractivity contribution in [2.24, 2.45) is 11.1 Å². The van der Waals surface area contributed by atoms with Crippen LogP contribution in [0.5, 0.6) is 0 Å². The second-order valence-corrected chi connectivity index (χ2v) is 4.97. The smallest absolute Gasteiger partial charge is 0.0590 e. The Kier molecular flexibility index (Phi) is 5.22. The Morgan fingerprint density at radius 2 is 2.12 bits per heavy atom. The molecule has 0 aliphatic heterocycles. The van der Waals surface area contributed by atoms with Crippen LogP contribution in [0.15, 0.2) is 22.9 Å². The van der Waals surface area contributed by atoms with Crippen LogP contribution in [0.1, 0.15) is 26.7 Å². The van der Waals surface area contributed by atoms with Gasteiger partial charge in [-0.05, 0) is 46.8 Å². The van der Waals surface area contributed by atoms with Crippen LogP contribution in [0.2, 0.25) is 0 Å². The largest absolute Gasteiger partial charge is 0.383 e.